The van der Waals surface area contributed by atoms with Crippen LogP contribution in [0, 0.1) is 0 Å². The Balaban J connectivity index is 1.98. The van der Waals surface area contributed by atoms with E-state index in [1.54, 1.807) is 56.6 Å². The van der Waals surface area contributed by atoms with Crippen LogP contribution in [0.3, 0.4) is 0 Å². The first-order chi connectivity index (χ1) is 11.9. The van der Waals surface area contributed by atoms with Crippen LogP contribution >= 0.6 is 28.1 Å². The maximum Gasteiger partial charge on any atom is 0.257 e. The van der Waals surface area contributed by atoms with E-state index in [4.69, 9.17) is 17.0 Å². The molecule has 0 aliphatic rings. The first-order valence-electron chi connectivity index (χ1n) is 7.22. The lowest BCUT2D eigenvalue weighted by atomic mass is 10.2. The fourth-order valence-electron chi connectivity index (χ4n) is 1.99. The van der Waals surface area contributed by atoms with E-state index in [2.05, 4.69) is 31.9 Å². The molecule has 0 radical (unpaired) electrons. The monoisotopic (exact) mass is 421 g/mol. The molecule has 0 aromatic heterocycles. The van der Waals surface area contributed by atoms with Crippen molar-refractivity contribution in [3.05, 3.63) is 58.1 Å². The van der Waals surface area contributed by atoms with Crippen LogP contribution in [0.15, 0.2) is 46.9 Å². The van der Waals surface area contributed by atoms with Gasteiger partial charge in [0.2, 0.25) is 0 Å². The number of hydrogen-bond donors (Lipinski definition) is 3. The maximum atomic E-state index is 12.2. The lowest BCUT2D eigenvalue weighted by Crippen LogP contribution is -2.34. The molecule has 25 heavy (non-hydrogen) atoms. The highest BCUT2D eigenvalue weighted by Crippen LogP contribution is 2.25. The van der Waals surface area contributed by atoms with Crippen LogP contribution in [0.5, 0.6) is 5.75 Å². The Kier molecular flexibility index (Phi) is 6.49. The molecule has 0 saturated carbocycles. The number of carbonyl (C=O) groups excluding carboxylic acids is 2. The van der Waals surface area contributed by atoms with Gasteiger partial charge in [-0.2, -0.15) is 0 Å². The van der Waals surface area contributed by atoms with Gasteiger partial charge in [0.15, 0.2) is 5.11 Å². The van der Waals surface area contributed by atoms with Crippen LogP contribution in [-0.2, 0) is 0 Å². The predicted octanol–water partition coefficient (Wildman–Crippen LogP) is 2.94. The van der Waals surface area contributed by atoms with E-state index in [9.17, 15) is 9.59 Å². The summed E-state index contributed by atoms with van der Waals surface area (Å²) in [7, 11) is 3.12. The molecule has 3 N–H and O–H groups in total. The van der Waals surface area contributed by atoms with Crippen molar-refractivity contribution < 1.29 is 14.3 Å². The number of rotatable bonds is 4. The lowest BCUT2D eigenvalue weighted by molar-refractivity contribution is 0.0959. The summed E-state index contributed by atoms with van der Waals surface area (Å²) in [6.45, 7) is 0. The summed E-state index contributed by atoms with van der Waals surface area (Å²) in [5.41, 5.74) is 1.63. The number of amides is 2. The number of ether oxygens (including phenoxy) is 1. The van der Waals surface area contributed by atoms with Gasteiger partial charge < -0.3 is 15.4 Å². The molecule has 0 atom stereocenters. The number of hydrogen-bond acceptors (Lipinski definition) is 4. The van der Waals surface area contributed by atoms with Crippen LogP contribution in [-0.4, -0.2) is 31.1 Å². The second kappa shape index (κ2) is 8.59. The zero-order valence-corrected chi connectivity index (χ0v) is 16.0. The molecule has 0 bridgehead atoms. The van der Waals surface area contributed by atoms with E-state index in [0.717, 1.165) is 0 Å². The van der Waals surface area contributed by atoms with Gasteiger partial charge in [-0.1, -0.05) is 0 Å². The smallest absolute Gasteiger partial charge is 0.257 e. The Morgan fingerprint density at radius 1 is 1.04 bits per heavy atom. The standard InChI is InChI=1S/C17H16BrN3O3S/c1-19-15(22)10-3-6-12(7-4-10)20-17(25)21-16(23)11-5-8-14(24-2)13(18)9-11/h3-9H,1-2H3,(H,19,22)(H2,20,21,23,25). The number of nitrogens with one attached hydrogen (secondary N) is 3. The Bertz CT molecular complexity index is 809. The minimum atomic E-state index is -0.345. The lowest BCUT2D eigenvalue weighted by Gasteiger charge is -2.11. The average Bonchev–Trinajstić information content (AvgIpc) is 2.61. The number of methoxy groups -OCH3 is 1. The first-order valence-corrected chi connectivity index (χ1v) is 8.42. The molecular weight excluding hydrogens is 406 g/mol. The zero-order valence-electron chi connectivity index (χ0n) is 13.6. The second-order valence-corrected chi connectivity index (χ2v) is 6.18. The van der Waals surface area contributed by atoms with Crippen LogP contribution in [0.1, 0.15) is 20.7 Å². The molecule has 8 heteroatoms. The van der Waals surface area contributed by atoms with E-state index >= 15 is 0 Å². The molecule has 0 spiro atoms. The molecule has 2 aromatic rings. The van der Waals surface area contributed by atoms with Crippen molar-refractivity contribution in [1.82, 2.24) is 10.6 Å². The Hall–Kier alpha value is -2.45. The summed E-state index contributed by atoms with van der Waals surface area (Å²) in [5.74, 6) is 0.115. The molecule has 130 valence electrons. The molecule has 0 aliphatic heterocycles. The molecule has 2 aromatic carbocycles. The highest BCUT2D eigenvalue weighted by Gasteiger charge is 2.11. The predicted molar refractivity (Wildman–Crippen MR) is 104 cm³/mol. The highest BCUT2D eigenvalue weighted by atomic mass is 79.9. The van der Waals surface area contributed by atoms with Gasteiger partial charge in [-0.05, 0) is 70.6 Å². The molecular formula is C17H16BrN3O3S. The molecule has 6 nitrogen and oxygen atoms in total. The third kappa shape index (κ3) is 5.01. The van der Waals surface area contributed by atoms with Crippen molar-refractivity contribution in [2.75, 3.05) is 19.5 Å². The Morgan fingerprint density at radius 2 is 1.68 bits per heavy atom. The summed E-state index contributed by atoms with van der Waals surface area (Å²) in [5, 5.41) is 8.19. The number of benzene rings is 2. The van der Waals surface area contributed by atoms with E-state index in [1.165, 1.54) is 0 Å². The van der Waals surface area contributed by atoms with Crippen LogP contribution in [0.25, 0.3) is 0 Å². The van der Waals surface area contributed by atoms with Crippen molar-refractivity contribution in [3.63, 3.8) is 0 Å². The largest absolute Gasteiger partial charge is 0.496 e. The van der Waals surface area contributed by atoms with Crippen LogP contribution < -0.4 is 20.7 Å². The van der Waals surface area contributed by atoms with Crippen molar-refractivity contribution in [3.8, 4) is 5.75 Å². The second-order valence-electron chi connectivity index (χ2n) is 4.91. The van der Waals surface area contributed by atoms with Gasteiger partial charge >= 0.3 is 0 Å². The molecule has 0 saturated heterocycles. The van der Waals surface area contributed by atoms with Crippen LogP contribution in [0.2, 0.25) is 0 Å². The third-order valence-electron chi connectivity index (χ3n) is 3.27. The van der Waals surface area contributed by atoms with Gasteiger partial charge in [0.25, 0.3) is 11.8 Å². The maximum absolute atomic E-state index is 12.2. The molecule has 0 unspecified atom stereocenters. The third-order valence-corrected chi connectivity index (χ3v) is 4.10. The number of thiocarbonyl (C=S) groups is 1. The molecule has 0 fully saturated rings. The zero-order chi connectivity index (χ0) is 18.4. The van der Waals surface area contributed by atoms with Gasteiger partial charge in [0, 0.05) is 23.9 Å². The minimum absolute atomic E-state index is 0.157. The Morgan fingerprint density at radius 3 is 2.24 bits per heavy atom. The highest BCUT2D eigenvalue weighted by molar-refractivity contribution is 9.10. The fourth-order valence-corrected chi connectivity index (χ4v) is 2.75. The molecule has 0 aliphatic carbocycles. The summed E-state index contributed by atoms with van der Waals surface area (Å²) in [6.07, 6.45) is 0. The van der Waals surface area contributed by atoms with Gasteiger partial charge in [-0.25, -0.2) is 0 Å². The first kappa shape index (κ1) is 18.9. The molecule has 2 amide bonds. The summed E-state index contributed by atoms with van der Waals surface area (Å²) < 4.78 is 5.80. The number of carbonyl (C=O) groups is 2. The van der Waals surface area contributed by atoms with Crippen molar-refractivity contribution in [2.24, 2.45) is 0 Å². The van der Waals surface area contributed by atoms with E-state index in [-0.39, 0.29) is 16.9 Å². The fraction of sp³-hybridized carbons (Fsp3) is 0.118. The van der Waals surface area contributed by atoms with Gasteiger partial charge in [0.05, 0.1) is 11.6 Å². The summed E-state index contributed by atoms with van der Waals surface area (Å²) in [4.78, 5) is 23.7. The molecule has 0 heterocycles. The topological polar surface area (TPSA) is 79.5 Å². The number of halogens is 1. The SMILES string of the molecule is CNC(=O)c1ccc(NC(=S)NC(=O)c2ccc(OC)c(Br)c2)cc1. The quantitative estimate of drug-likeness (QED) is 0.661. The van der Waals surface area contributed by atoms with E-state index < -0.39 is 0 Å². The van der Waals surface area contributed by atoms with Gasteiger partial charge in [-0.3, -0.25) is 14.9 Å². The van der Waals surface area contributed by atoms with Crippen molar-refractivity contribution >= 4 is 50.8 Å². The average molecular weight is 422 g/mol. The minimum Gasteiger partial charge on any atom is -0.496 e. The van der Waals surface area contributed by atoms with Crippen LogP contribution in [0.4, 0.5) is 5.69 Å². The summed E-state index contributed by atoms with van der Waals surface area (Å²) in [6, 6.07) is 11.7. The van der Waals surface area contributed by atoms with Gasteiger partial charge in [0.1, 0.15) is 5.75 Å². The van der Waals surface area contributed by atoms with Crippen molar-refractivity contribution in [1.29, 1.82) is 0 Å². The number of anilines is 1. The molecule has 2 rings (SSSR count). The van der Waals surface area contributed by atoms with E-state index in [1.807, 2.05) is 0 Å². The van der Waals surface area contributed by atoms with Gasteiger partial charge in [-0.15, -0.1) is 0 Å². The Labute approximate surface area is 159 Å². The van der Waals surface area contributed by atoms with Crippen molar-refractivity contribution in [2.45, 2.75) is 0 Å². The van der Waals surface area contributed by atoms with E-state index in [0.29, 0.717) is 27.0 Å². The summed E-state index contributed by atoms with van der Waals surface area (Å²) >= 11 is 8.48. The normalized spacial score (nSPS) is 9.88.